The van der Waals surface area contributed by atoms with Crippen molar-refractivity contribution in [1.82, 2.24) is 10.0 Å². The minimum Gasteiger partial charge on any atom is -0.459 e. The van der Waals surface area contributed by atoms with Crippen LogP contribution in [0.1, 0.15) is 34.6 Å². The van der Waals surface area contributed by atoms with Crippen LogP contribution in [-0.2, 0) is 10.0 Å². The molecule has 1 heterocycles. The molecule has 3 aromatic carbocycles. The van der Waals surface area contributed by atoms with Crippen molar-refractivity contribution in [3.63, 3.8) is 0 Å². The zero-order valence-corrected chi connectivity index (χ0v) is 17.7. The van der Waals surface area contributed by atoms with Crippen molar-refractivity contribution >= 4 is 26.9 Å². The van der Waals surface area contributed by atoms with E-state index in [1.807, 2.05) is 60.7 Å². The van der Waals surface area contributed by atoms with Crippen molar-refractivity contribution in [3.8, 4) is 0 Å². The number of hydrogen-bond donors (Lipinski definition) is 2. The Morgan fingerprint density at radius 1 is 0.935 bits per heavy atom. The molecule has 0 radical (unpaired) electrons. The number of rotatable bonds is 7. The van der Waals surface area contributed by atoms with Crippen LogP contribution in [0.3, 0.4) is 0 Å². The van der Waals surface area contributed by atoms with E-state index in [-0.39, 0.29) is 17.0 Å². The van der Waals surface area contributed by atoms with E-state index < -0.39 is 22.0 Å². The lowest BCUT2D eigenvalue weighted by molar-refractivity contribution is 0.0939. The molecule has 0 fully saturated rings. The van der Waals surface area contributed by atoms with Gasteiger partial charge in [0.15, 0.2) is 0 Å². The summed E-state index contributed by atoms with van der Waals surface area (Å²) in [5, 5.41) is 3.93. The van der Waals surface area contributed by atoms with Gasteiger partial charge < -0.3 is 9.73 Å². The quantitative estimate of drug-likeness (QED) is 0.455. The SMILES string of the molecule is CCNS(=O)(=O)c1cccc(C(=O)NC(c2ccccc2)c2cc3ccccc3o2)c1. The van der Waals surface area contributed by atoms with Crippen LogP contribution >= 0.6 is 0 Å². The van der Waals surface area contributed by atoms with Crippen LogP contribution in [0, 0.1) is 0 Å². The van der Waals surface area contributed by atoms with Gasteiger partial charge in [-0.2, -0.15) is 0 Å². The average Bonchev–Trinajstić information content (AvgIpc) is 3.22. The van der Waals surface area contributed by atoms with Crippen molar-refractivity contribution < 1.29 is 17.6 Å². The second-order valence-electron chi connectivity index (χ2n) is 7.03. The molecule has 1 unspecified atom stereocenters. The molecule has 0 spiro atoms. The highest BCUT2D eigenvalue weighted by atomic mass is 32.2. The van der Waals surface area contributed by atoms with E-state index in [1.54, 1.807) is 19.1 Å². The Hall–Kier alpha value is -3.42. The van der Waals surface area contributed by atoms with Gasteiger partial charge in [-0.15, -0.1) is 0 Å². The summed E-state index contributed by atoms with van der Waals surface area (Å²) in [5.74, 6) is 0.194. The van der Waals surface area contributed by atoms with Crippen molar-refractivity contribution in [2.75, 3.05) is 6.54 Å². The highest BCUT2D eigenvalue weighted by Crippen LogP contribution is 2.28. The van der Waals surface area contributed by atoms with Crippen LogP contribution in [0.15, 0.2) is 94.2 Å². The summed E-state index contributed by atoms with van der Waals surface area (Å²) in [6.45, 7) is 1.97. The fraction of sp³-hybridized carbons (Fsp3) is 0.125. The Bertz CT molecular complexity index is 1280. The van der Waals surface area contributed by atoms with Crippen molar-refractivity contribution in [1.29, 1.82) is 0 Å². The first-order chi connectivity index (χ1) is 15.0. The molecular weight excluding hydrogens is 412 g/mol. The summed E-state index contributed by atoms with van der Waals surface area (Å²) in [7, 11) is -3.67. The van der Waals surface area contributed by atoms with Gasteiger partial charge in [0.05, 0.1) is 4.90 Å². The molecule has 158 valence electrons. The van der Waals surface area contributed by atoms with Crippen LogP contribution in [0.5, 0.6) is 0 Å². The minimum absolute atomic E-state index is 0.0435. The van der Waals surface area contributed by atoms with Gasteiger partial charge in [0.1, 0.15) is 17.4 Å². The molecule has 2 N–H and O–H groups in total. The summed E-state index contributed by atoms with van der Waals surface area (Å²) in [6.07, 6.45) is 0. The van der Waals surface area contributed by atoms with Gasteiger partial charge >= 0.3 is 0 Å². The first kappa shape index (κ1) is 20.8. The molecule has 7 heteroatoms. The molecular formula is C24H22N2O4S. The largest absolute Gasteiger partial charge is 0.459 e. The van der Waals surface area contributed by atoms with Crippen LogP contribution in [0.25, 0.3) is 11.0 Å². The Morgan fingerprint density at radius 3 is 2.42 bits per heavy atom. The molecule has 0 saturated carbocycles. The van der Waals surface area contributed by atoms with Crippen molar-refractivity contribution in [2.24, 2.45) is 0 Å². The molecule has 0 bridgehead atoms. The molecule has 0 aliphatic carbocycles. The molecule has 1 aromatic heterocycles. The monoisotopic (exact) mass is 434 g/mol. The predicted molar refractivity (Wildman–Crippen MR) is 119 cm³/mol. The van der Waals surface area contributed by atoms with Gasteiger partial charge in [-0.05, 0) is 35.9 Å². The molecule has 0 aliphatic heterocycles. The second-order valence-corrected chi connectivity index (χ2v) is 8.80. The number of sulfonamides is 1. The fourth-order valence-electron chi connectivity index (χ4n) is 3.40. The Morgan fingerprint density at radius 2 is 1.68 bits per heavy atom. The number of fused-ring (bicyclic) bond motifs is 1. The number of carbonyl (C=O) groups excluding carboxylic acids is 1. The Labute approximate surface area is 181 Å². The fourth-order valence-corrected chi connectivity index (χ4v) is 4.49. The summed E-state index contributed by atoms with van der Waals surface area (Å²) < 4.78 is 33.1. The first-order valence-corrected chi connectivity index (χ1v) is 11.4. The number of carbonyl (C=O) groups is 1. The molecule has 4 rings (SSSR count). The van der Waals surface area contributed by atoms with Crippen molar-refractivity contribution in [2.45, 2.75) is 17.9 Å². The highest BCUT2D eigenvalue weighted by Gasteiger charge is 2.22. The topological polar surface area (TPSA) is 88.4 Å². The minimum atomic E-state index is -3.67. The molecule has 4 aromatic rings. The van der Waals surface area contributed by atoms with E-state index in [0.717, 1.165) is 16.5 Å². The molecule has 6 nitrogen and oxygen atoms in total. The van der Waals surface area contributed by atoms with E-state index in [4.69, 9.17) is 4.42 Å². The molecule has 31 heavy (non-hydrogen) atoms. The second kappa shape index (κ2) is 8.75. The summed E-state index contributed by atoms with van der Waals surface area (Å²) >= 11 is 0. The third-order valence-electron chi connectivity index (χ3n) is 4.88. The van der Waals surface area contributed by atoms with Gasteiger partial charge in [-0.25, -0.2) is 13.1 Å². The number of nitrogens with one attached hydrogen (secondary N) is 2. The maximum Gasteiger partial charge on any atom is 0.252 e. The predicted octanol–water partition coefficient (Wildman–Crippen LogP) is 4.25. The lowest BCUT2D eigenvalue weighted by atomic mass is 10.0. The molecule has 1 atom stereocenters. The van der Waals surface area contributed by atoms with Gasteiger partial charge in [0, 0.05) is 17.5 Å². The number of amides is 1. The number of furan rings is 1. The van der Waals surface area contributed by atoms with Crippen LogP contribution in [0.4, 0.5) is 0 Å². The zero-order valence-electron chi connectivity index (χ0n) is 16.9. The number of benzene rings is 3. The van der Waals surface area contributed by atoms with E-state index in [0.29, 0.717) is 5.76 Å². The van der Waals surface area contributed by atoms with E-state index in [2.05, 4.69) is 10.0 Å². The Kier molecular flexibility index (Phi) is 5.88. The first-order valence-electron chi connectivity index (χ1n) is 9.92. The average molecular weight is 435 g/mol. The number of para-hydroxylation sites is 1. The van der Waals surface area contributed by atoms with E-state index in [9.17, 15) is 13.2 Å². The molecule has 0 aliphatic rings. The van der Waals surface area contributed by atoms with E-state index >= 15 is 0 Å². The third kappa shape index (κ3) is 4.52. The standard InChI is InChI=1S/C24H22N2O4S/c1-2-25-31(28,29)20-13-8-12-19(15-20)24(27)26-23(17-9-4-3-5-10-17)22-16-18-11-6-7-14-21(18)30-22/h3-16,23,25H,2H2,1H3,(H,26,27). The van der Waals surface area contributed by atoms with E-state index in [1.165, 1.54) is 12.1 Å². The van der Waals surface area contributed by atoms with Crippen LogP contribution in [-0.4, -0.2) is 20.9 Å². The molecule has 1 amide bonds. The Balaban J connectivity index is 1.69. The smallest absolute Gasteiger partial charge is 0.252 e. The lowest BCUT2D eigenvalue weighted by Crippen LogP contribution is -2.29. The number of hydrogen-bond acceptors (Lipinski definition) is 4. The highest BCUT2D eigenvalue weighted by molar-refractivity contribution is 7.89. The van der Waals surface area contributed by atoms with Crippen molar-refractivity contribution in [3.05, 3.63) is 102 Å². The maximum atomic E-state index is 13.1. The normalized spacial score (nSPS) is 12.5. The van der Waals surface area contributed by atoms with Gasteiger partial charge in [-0.3, -0.25) is 4.79 Å². The lowest BCUT2D eigenvalue weighted by Gasteiger charge is -2.17. The zero-order chi connectivity index (χ0) is 21.8. The van der Waals surface area contributed by atoms with Gasteiger partial charge in [0.2, 0.25) is 10.0 Å². The van der Waals surface area contributed by atoms with Crippen LogP contribution in [0.2, 0.25) is 0 Å². The summed E-state index contributed by atoms with van der Waals surface area (Å²) in [5.41, 5.74) is 1.83. The van der Waals surface area contributed by atoms with Gasteiger partial charge in [0.25, 0.3) is 5.91 Å². The third-order valence-corrected chi connectivity index (χ3v) is 6.42. The summed E-state index contributed by atoms with van der Waals surface area (Å²) in [6, 6.07) is 24.5. The van der Waals surface area contributed by atoms with Gasteiger partial charge in [-0.1, -0.05) is 61.5 Å². The van der Waals surface area contributed by atoms with Crippen LogP contribution < -0.4 is 10.0 Å². The molecule has 0 saturated heterocycles. The maximum absolute atomic E-state index is 13.1. The summed E-state index contributed by atoms with van der Waals surface area (Å²) in [4.78, 5) is 13.1.